The second-order valence-electron chi connectivity index (χ2n) is 4.07. The van der Waals surface area contributed by atoms with Crippen LogP contribution < -0.4 is 10.2 Å². The first-order valence-electron chi connectivity index (χ1n) is 5.66. The molecule has 0 spiro atoms. The van der Waals surface area contributed by atoms with Crippen LogP contribution in [-0.4, -0.2) is 28.4 Å². The molecule has 0 aliphatic carbocycles. The average Bonchev–Trinajstić information content (AvgIpc) is 2.43. The fourth-order valence-corrected chi connectivity index (χ4v) is 1.58. The summed E-state index contributed by atoms with van der Waals surface area (Å²) < 4.78 is 4.91. The number of hydroxylamine groups is 1. The molecular weight excluding hydrogens is 250 g/mol. The van der Waals surface area contributed by atoms with E-state index in [9.17, 15) is 15.0 Å². The van der Waals surface area contributed by atoms with Gasteiger partial charge in [0.25, 0.3) is 5.91 Å². The van der Waals surface area contributed by atoms with Gasteiger partial charge < -0.3 is 14.9 Å². The number of carbonyl (C=O) groups excluding carboxylic acids is 1. The van der Waals surface area contributed by atoms with Gasteiger partial charge in [-0.15, -0.1) is 0 Å². The summed E-state index contributed by atoms with van der Waals surface area (Å²) in [5.74, 6) is -0.788. The largest absolute Gasteiger partial charge is 0.504 e. The minimum Gasteiger partial charge on any atom is -0.504 e. The van der Waals surface area contributed by atoms with E-state index in [-0.39, 0.29) is 11.7 Å². The van der Waals surface area contributed by atoms with Gasteiger partial charge in [-0.3, -0.25) is 10.0 Å². The molecule has 1 amide bonds. The summed E-state index contributed by atoms with van der Waals surface area (Å²) in [5.41, 5.74) is 1.96. The van der Waals surface area contributed by atoms with Gasteiger partial charge in [0.2, 0.25) is 0 Å². The second kappa shape index (κ2) is 6.77. The quantitative estimate of drug-likeness (QED) is 0.364. The summed E-state index contributed by atoms with van der Waals surface area (Å²) in [6.45, 7) is 1.70. The molecule has 0 unspecified atom stereocenters. The minimum atomic E-state index is -0.889. The molecule has 19 heavy (non-hydrogen) atoms. The van der Waals surface area contributed by atoms with Crippen LogP contribution in [0.25, 0.3) is 0 Å². The molecule has 4 N–H and O–H groups in total. The number of aromatic hydroxyl groups is 1. The lowest BCUT2D eigenvalue weighted by Crippen LogP contribution is -2.16. The van der Waals surface area contributed by atoms with E-state index in [4.69, 9.17) is 9.94 Å². The van der Waals surface area contributed by atoms with E-state index in [0.717, 1.165) is 6.08 Å². The van der Waals surface area contributed by atoms with Crippen molar-refractivity contribution in [2.45, 2.75) is 13.0 Å². The lowest BCUT2D eigenvalue weighted by atomic mass is 9.96. The molecule has 2 atom stereocenters. The van der Waals surface area contributed by atoms with Crippen molar-refractivity contribution in [1.82, 2.24) is 5.48 Å². The van der Waals surface area contributed by atoms with Crippen LogP contribution in [0.5, 0.6) is 11.5 Å². The van der Waals surface area contributed by atoms with Crippen LogP contribution in [0.15, 0.2) is 30.4 Å². The summed E-state index contributed by atoms with van der Waals surface area (Å²) in [5, 5.41) is 28.0. The number of hydrogen-bond donors (Lipinski definition) is 4. The lowest BCUT2D eigenvalue weighted by molar-refractivity contribution is -0.124. The third kappa shape index (κ3) is 3.97. The molecule has 1 rings (SSSR count). The molecule has 0 radical (unpaired) electrons. The van der Waals surface area contributed by atoms with Crippen molar-refractivity contribution in [1.29, 1.82) is 0 Å². The van der Waals surface area contributed by atoms with E-state index in [1.54, 1.807) is 19.1 Å². The Morgan fingerprint density at radius 2 is 2.16 bits per heavy atom. The lowest BCUT2D eigenvalue weighted by Gasteiger charge is -2.16. The van der Waals surface area contributed by atoms with Gasteiger partial charge in [-0.2, -0.15) is 0 Å². The van der Waals surface area contributed by atoms with E-state index in [1.165, 1.54) is 24.7 Å². The maximum Gasteiger partial charge on any atom is 0.267 e. The highest BCUT2D eigenvalue weighted by atomic mass is 16.5. The Labute approximate surface area is 110 Å². The van der Waals surface area contributed by atoms with Crippen LogP contribution in [0, 0.1) is 5.92 Å². The number of nitrogens with one attached hydrogen (secondary N) is 1. The van der Waals surface area contributed by atoms with Crippen LogP contribution in [0.1, 0.15) is 18.6 Å². The van der Waals surface area contributed by atoms with Gasteiger partial charge in [0, 0.05) is 12.0 Å². The van der Waals surface area contributed by atoms with Crippen LogP contribution in [-0.2, 0) is 4.79 Å². The first-order valence-corrected chi connectivity index (χ1v) is 5.66. The summed E-state index contributed by atoms with van der Waals surface area (Å²) >= 11 is 0. The monoisotopic (exact) mass is 267 g/mol. The number of carbonyl (C=O) groups is 1. The first kappa shape index (κ1) is 15.0. The SMILES string of the molecule is COc1ccc([C@H](O)[C@H](C)/C=C/C(=O)NO)cc1O. The molecule has 0 aliphatic heterocycles. The smallest absolute Gasteiger partial charge is 0.267 e. The minimum absolute atomic E-state index is 0.0664. The highest BCUT2D eigenvalue weighted by Gasteiger charge is 2.16. The van der Waals surface area contributed by atoms with Gasteiger partial charge in [-0.1, -0.05) is 19.1 Å². The van der Waals surface area contributed by atoms with Crippen LogP contribution >= 0.6 is 0 Å². The van der Waals surface area contributed by atoms with Crippen LogP contribution in [0.4, 0.5) is 0 Å². The Morgan fingerprint density at radius 3 is 2.68 bits per heavy atom. The molecule has 0 fully saturated rings. The predicted molar refractivity (Wildman–Crippen MR) is 67.9 cm³/mol. The van der Waals surface area contributed by atoms with Gasteiger partial charge in [0.1, 0.15) is 0 Å². The maximum absolute atomic E-state index is 10.8. The standard InChI is InChI=1S/C13H17NO5/c1-8(3-6-12(16)14-18)13(17)9-4-5-11(19-2)10(15)7-9/h3-8,13,15,17-18H,1-2H3,(H,14,16)/b6-3+/t8-,13-/m1/s1. The molecule has 0 aromatic heterocycles. The molecule has 0 heterocycles. The fourth-order valence-electron chi connectivity index (χ4n) is 1.58. The zero-order valence-electron chi connectivity index (χ0n) is 10.7. The van der Waals surface area contributed by atoms with Gasteiger partial charge in [0.15, 0.2) is 11.5 Å². The van der Waals surface area contributed by atoms with Crippen molar-refractivity contribution < 1.29 is 25.0 Å². The summed E-state index contributed by atoms with van der Waals surface area (Å²) in [6, 6.07) is 4.57. The Bertz CT molecular complexity index is 472. The van der Waals surface area contributed by atoms with E-state index in [1.807, 2.05) is 0 Å². The molecule has 0 saturated heterocycles. The van der Waals surface area contributed by atoms with Gasteiger partial charge >= 0.3 is 0 Å². The zero-order valence-corrected chi connectivity index (χ0v) is 10.7. The maximum atomic E-state index is 10.8. The van der Waals surface area contributed by atoms with Gasteiger partial charge in [0.05, 0.1) is 13.2 Å². The summed E-state index contributed by atoms with van der Waals surface area (Å²) in [4.78, 5) is 10.8. The number of phenols is 1. The number of benzene rings is 1. The molecule has 1 aromatic carbocycles. The topological polar surface area (TPSA) is 99.0 Å². The number of ether oxygens (including phenoxy) is 1. The van der Waals surface area contributed by atoms with Crippen molar-refractivity contribution in [2.24, 2.45) is 5.92 Å². The zero-order chi connectivity index (χ0) is 14.4. The van der Waals surface area contributed by atoms with E-state index < -0.39 is 12.0 Å². The Kier molecular flexibility index (Phi) is 5.35. The molecular formula is C13H17NO5. The third-order valence-corrected chi connectivity index (χ3v) is 2.70. The Morgan fingerprint density at radius 1 is 1.47 bits per heavy atom. The highest BCUT2D eigenvalue weighted by Crippen LogP contribution is 2.31. The number of rotatable bonds is 5. The van der Waals surface area contributed by atoms with Crippen molar-refractivity contribution in [3.05, 3.63) is 35.9 Å². The number of aliphatic hydroxyl groups is 1. The van der Waals surface area contributed by atoms with Crippen LogP contribution in [0.3, 0.4) is 0 Å². The highest BCUT2D eigenvalue weighted by molar-refractivity contribution is 5.86. The predicted octanol–water partition coefficient (Wildman–Crippen LogP) is 1.13. The first-order chi connectivity index (χ1) is 8.99. The fraction of sp³-hybridized carbons (Fsp3) is 0.308. The third-order valence-electron chi connectivity index (χ3n) is 2.70. The summed E-state index contributed by atoms with van der Waals surface area (Å²) in [7, 11) is 1.43. The summed E-state index contributed by atoms with van der Waals surface area (Å²) in [6.07, 6.45) is 1.69. The van der Waals surface area contributed by atoms with Crippen molar-refractivity contribution >= 4 is 5.91 Å². The molecule has 6 heteroatoms. The molecule has 0 saturated carbocycles. The molecule has 104 valence electrons. The van der Waals surface area contributed by atoms with Gasteiger partial charge in [-0.05, 0) is 17.7 Å². The number of amides is 1. The average molecular weight is 267 g/mol. The number of aliphatic hydroxyl groups excluding tert-OH is 1. The number of phenolic OH excluding ortho intramolecular Hbond substituents is 1. The molecule has 6 nitrogen and oxygen atoms in total. The number of hydrogen-bond acceptors (Lipinski definition) is 5. The molecule has 0 bridgehead atoms. The van der Waals surface area contributed by atoms with E-state index in [0.29, 0.717) is 11.3 Å². The Hall–Kier alpha value is -2.05. The Balaban J connectivity index is 2.82. The van der Waals surface area contributed by atoms with Crippen molar-refractivity contribution in [3.8, 4) is 11.5 Å². The van der Waals surface area contributed by atoms with Crippen molar-refractivity contribution in [2.75, 3.05) is 7.11 Å². The molecule has 1 aromatic rings. The normalized spacial score (nSPS) is 14.1. The van der Waals surface area contributed by atoms with Crippen molar-refractivity contribution in [3.63, 3.8) is 0 Å². The van der Waals surface area contributed by atoms with E-state index in [2.05, 4.69) is 0 Å². The molecule has 0 aliphatic rings. The van der Waals surface area contributed by atoms with E-state index >= 15 is 0 Å². The second-order valence-corrected chi connectivity index (χ2v) is 4.07. The number of methoxy groups -OCH3 is 1. The van der Waals surface area contributed by atoms with Crippen LogP contribution in [0.2, 0.25) is 0 Å². The van der Waals surface area contributed by atoms with Gasteiger partial charge in [-0.25, -0.2) is 5.48 Å².